The minimum Gasteiger partial charge on any atom is -0.444 e. The summed E-state index contributed by atoms with van der Waals surface area (Å²) in [7, 11) is 1.81. The third kappa shape index (κ3) is 5.23. The molecule has 1 aliphatic carbocycles. The van der Waals surface area contributed by atoms with E-state index in [-0.39, 0.29) is 0 Å². The van der Waals surface area contributed by atoms with E-state index in [4.69, 9.17) is 4.74 Å². The van der Waals surface area contributed by atoms with Crippen molar-refractivity contribution in [1.29, 1.82) is 0 Å². The Morgan fingerprint density at radius 3 is 2.74 bits per heavy atom. The van der Waals surface area contributed by atoms with Crippen molar-refractivity contribution in [3.8, 4) is 0 Å². The fourth-order valence-corrected chi connectivity index (χ4v) is 3.04. The fourth-order valence-electron chi connectivity index (χ4n) is 3.04. The molecule has 1 amide bonds. The molecule has 2 rings (SSSR count). The molecule has 0 bridgehead atoms. The van der Waals surface area contributed by atoms with Gasteiger partial charge in [-0.05, 0) is 45.4 Å². The van der Waals surface area contributed by atoms with Crippen LogP contribution < -0.4 is 10.6 Å². The Morgan fingerprint density at radius 2 is 2.17 bits per heavy atom. The van der Waals surface area contributed by atoms with Crippen LogP contribution in [0.1, 0.15) is 59.4 Å². The van der Waals surface area contributed by atoms with E-state index in [1.54, 1.807) is 10.9 Å². The van der Waals surface area contributed by atoms with Crippen LogP contribution in [0.25, 0.3) is 0 Å². The van der Waals surface area contributed by atoms with Gasteiger partial charge in [-0.1, -0.05) is 13.8 Å². The van der Waals surface area contributed by atoms with Crippen molar-refractivity contribution in [1.82, 2.24) is 15.1 Å². The maximum Gasteiger partial charge on any atom is 0.413 e. The van der Waals surface area contributed by atoms with Gasteiger partial charge in [0.05, 0.1) is 6.20 Å². The van der Waals surface area contributed by atoms with E-state index < -0.39 is 11.7 Å². The summed E-state index contributed by atoms with van der Waals surface area (Å²) in [4.78, 5) is 12.0. The van der Waals surface area contributed by atoms with E-state index in [1.165, 1.54) is 19.3 Å². The molecule has 1 aliphatic rings. The predicted octanol–water partition coefficient (Wildman–Crippen LogP) is 3.44. The quantitative estimate of drug-likeness (QED) is 0.891. The summed E-state index contributed by atoms with van der Waals surface area (Å²) in [6.07, 6.45) is 4.97. The lowest BCUT2D eigenvalue weighted by molar-refractivity contribution is 0.0634. The summed E-state index contributed by atoms with van der Waals surface area (Å²) in [5.41, 5.74) is 0.879. The largest absolute Gasteiger partial charge is 0.444 e. The molecule has 6 heteroatoms. The molecule has 2 N–H and O–H groups in total. The Balaban J connectivity index is 1.95. The Hall–Kier alpha value is -1.56. The van der Waals surface area contributed by atoms with Crippen molar-refractivity contribution in [3.05, 3.63) is 11.8 Å². The highest BCUT2D eigenvalue weighted by molar-refractivity contribution is 5.84. The highest BCUT2D eigenvalue weighted by Gasteiger charge is 2.30. The number of rotatable bonds is 4. The van der Waals surface area contributed by atoms with Crippen LogP contribution >= 0.6 is 0 Å². The zero-order valence-electron chi connectivity index (χ0n) is 15.2. The first kappa shape index (κ1) is 17.8. The maximum absolute atomic E-state index is 12.0. The lowest BCUT2D eigenvalue weighted by atomic mass is 9.92. The van der Waals surface area contributed by atoms with Crippen LogP contribution in [0.5, 0.6) is 0 Å². The SMILES string of the molecule is Cn1ncc(CNC2CCC(C)(C)C2)c1NC(=O)OC(C)(C)C. The van der Waals surface area contributed by atoms with Gasteiger partial charge in [0.2, 0.25) is 0 Å². The number of aromatic nitrogens is 2. The number of nitrogens with one attached hydrogen (secondary N) is 2. The molecule has 1 heterocycles. The van der Waals surface area contributed by atoms with Crippen LogP contribution in [0.3, 0.4) is 0 Å². The fraction of sp³-hybridized carbons (Fsp3) is 0.765. The van der Waals surface area contributed by atoms with Crippen molar-refractivity contribution >= 4 is 11.9 Å². The molecule has 130 valence electrons. The lowest BCUT2D eigenvalue weighted by Crippen LogP contribution is -2.29. The average molecular weight is 322 g/mol. The standard InChI is InChI=1S/C17H30N4O2/c1-16(2,3)23-15(22)20-14-12(11-19-21(14)6)10-18-13-7-8-17(4,5)9-13/h11,13,18H,7-10H2,1-6H3,(H,20,22). The first-order chi connectivity index (χ1) is 10.6. The van der Waals surface area contributed by atoms with Crippen molar-refractivity contribution in [2.45, 2.75) is 72.1 Å². The van der Waals surface area contributed by atoms with Gasteiger partial charge in [-0.25, -0.2) is 4.79 Å². The van der Waals surface area contributed by atoms with E-state index in [1.807, 2.05) is 27.8 Å². The van der Waals surface area contributed by atoms with Crippen LogP contribution in [0.4, 0.5) is 10.6 Å². The van der Waals surface area contributed by atoms with E-state index in [2.05, 4.69) is 29.6 Å². The average Bonchev–Trinajstić information content (AvgIpc) is 2.89. The van der Waals surface area contributed by atoms with Crippen molar-refractivity contribution in [2.24, 2.45) is 12.5 Å². The van der Waals surface area contributed by atoms with E-state index in [0.29, 0.717) is 23.8 Å². The summed E-state index contributed by atoms with van der Waals surface area (Å²) >= 11 is 0. The molecule has 23 heavy (non-hydrogen) atoms. The van der Waals surface area contributed by atoms with Gasteiger partial charge in [0, 0.05) is 25.2 Å². The Labute approximate surface area is 139 Å². The molecule has 1 saturated carbocycles. The molecule has 0 spiro atoms. The lowest BCUT2D eigenvalue weighted by Gasteiger charge is -2.20. The molecule has 1 atom stereocenters. The van der Waals surface area contributed by atoms with E-state index in [9.17, 15) is 4.79 Å². The second-order valence-corrected chi connectivity index (χ2v) is 8.25. The van der Waals surface area contributed by atoms with Crippen LogP contribution in [0.15, 0.2) is 6.20 Å². The van der Waals surface area contributed by atoms with Gasteiger partial charge in [-0.2, -0.15) is 5.10 Å². The maximum atomic E-state index is 12.0. The molecule has 0 radical (unpaired) electrons. The summed E-state index contributed by atoms with van der Waals surface area (Å²) < 4.78 is 6.98. The highest BCUT2D eigenvalue weighted by atomic mass is 16.6. The minimum absolute atomic E-state index is 0.421. The molecule has 0 aromatic carbocycles. The Kier molecular flexibility index (Phi) is 5.04. The van der Waals surface area contributed by atoms with E-state index >= 15 is 0 Å². The first-order valence-electron chi connectivity index (χ1n) is 8.30. The molecule has 1 unspecified atom stereocenters. The van der Waals surface area contributed by atoms with Gasteiger partial charge in [0.1, 0.15) is 11.4 Å². The summed E-state index contributed by atoms with van der Waals surface area (Å²) in [5.74, 6) is 0.684. The van der Waals surface area contributed by atoms with Gasteiger partial charge in [-0.15, -0.1) is 0 Å². The Bertz CT molecular complexity index is 557. The number of anilines is 1. The number of carbonyl (C=O) groups excluding carboxylic acids is 1. The number of ether oxygens (including phenoxy) is 1. The predicted molar refractivity (Wildman–Crippen MR) is 91.3 cm³/mol. The van der Waals surface area contributed by atoms with Crippen LogP contribution in [-0.2, 0) is 18.3 Å². The molecule has 1 aromatic rings. The van der Waals surface area contributed by atoms with Gasteiger partial charge in [0.15, 0.2) is 0 Å². The molecule has 6 nitrogen and oxygen atoms in total. The van der Waals surface area contributed by atoms with Gasteiger partial charge in [-0.3, -0.25) is 10.00 Å². The number of hydrogen-bond acceptors (Lipinski definition) is 4. The van der Waals surface area contributed by atoms with Crippen LogP contribution in [0.2, 0.25) is 0 Å². The minimum atomic E-state index is -0.517. The van der Waals surface area contributed by atoms with Crippen LogP contribution in [0, 0.1) is 5.41 Å². The summed E-state index contributed by atoms with van der Waals surface area (Å²) in [6.45, 7) is 10.9. The summed E-state index contributed by atoms with van der Waals surface area (Å²) in [5, 5.41) is 10.6. The summed E-state index contributed by atoms with van der Waals surface area (Å²) in [6, 6.07) is 0.527. The van der Waals surface area contributed by atoms with Gasteiger partial charge < -0.3 is 10.1 Å². The number of amides is 1. The molecular formula is C17H30N4O2. The highest BCUT2D eigenvalue weighted by Crippen LogP contribution is 2.37. The zero-order chi connectivity index (χ0) is 17.3. The van der Waals surface area contributed by atoms with Crippen molar-refractivity contribution < 1.29 is 9.53 Å². The monoisotopic (exact) mass is 322 g/mol. The van der Waals surface area contributed by atoms with Crippen LogP contribution in [-0.4, -0.2) is 27.5 Å². The second-order valence-electron chi connectivity index (χ2n) is 8.25. The molecule has 0 saturated heterocycles. The van der Waals surface area contributed by atoms with Gasteiger partial charge >= 0.3 is 6.09 Å². The molecule has 1 aromatic heterocycles. The zero-order valence-corrected chi connectivity index (χ0v) is 15.2. The first-order valence-corrected chi connectivity index (χ1v) is 8.30. The third-order valence-electron chi connectivity index (χ3n) is 4.18. The number of aryl methyl sites for hydroxylation is 1. The Morgan fingerprint density at radius 1 is 1.48 bits per heavy atom. The third-order valence-corrected chi connectivity index (χ3v) is 4.18. The van der Waals surface area contributed by atoms with Crippen molar-refractivity contribution in [2.75, 3.05) is 5.32 Å². The van der Waals surface area contributed by atoms with Crippen molar-refractivity contribution in [3.63, 3.8) is 0 Å². The normalized spacial score (nSPS) is 20.5. The number of carbonyl (C=O) groups is 1. The number of hydrogen-bond donors (Lipinski definition) is 2. The molecular weight excluding hydrogens is 292 g/mol. The molecule has 1 fully saturated rings. The number of nitrogens with zero attached hydrogens (tertiary/aromatic N) is 2. The second kappa shape index (κ2) is 6.51. The molecule has 0 aliphatic heterocycles. The smallest absolute Gasteiger partial charge is 0.413 e. The van der Waals surface area contributed by atoms with Gasteiger partial charge in [0.25, 0.3) is 0 Å². The van der Waals surface area contributed by atoms with E-state index in [0.717, 1.165) is 5.56 Å². The topological polar surface area (TPSA) is 68.2 Å².